The number of rotatable bonds is 5. The van der Waals surface area contributed by atoms with Crippen molar-refractivity contribution in [2.75, 3.05) is 20.3 Å². The molecule has 130 valence electrons. The molecular weight excluding hydrogens is 340 g/mol. The van der Waals surface area contributed by atoms with Crippen LogP contribution in [0.4, 0.5) is 0 Å². The van der Waals surface area contributed by atoms with Crippen molar-refractivity contribution in [3.8, 4) is 5.88 Å². The standard InChI is InChI=1S/C14H17ClN4O5/c1-7(2)13(20)23-5-9-22-4-8(24-9)19-6-16-10-11(19)17-14(15)18-12(10)21-3/h6-9H,4-5H2,1-3H3/t8-,9-/m1/s1. The average Bonchev–Trinajstić information content (AvgIpc) is 3.17. The summed E-state index contributed by atoms with van der Waals surface area (Å²) in [6.07, 6.45) is 0.442. The zero-order chi connectivity index (χ0) is 17.3. The first-order valence-corrected chi connectivity index (χ1v) is 7.75. The molecule has 0 amide bonds. The van der Waals surface area contributed by atoms with E-state index in [0.29, 0.717) is 11.2 Å². The number of aromatic nitrogens is 4. The largest absolute Gasteiger partial charge is 0.479 e. The molecule has 0 N–H and O–H groups in total. The second-order valence-corrected chi connectivity index (χ2v) is 5.80. The highest BCUT2D eigenvalue weighted by atomic mass is 35.5. The molecule has 10 heteroatoms. The molecule has 0 bridgehead atoms. The lowest BCUT2D eigenvalue weighted by Gasteiger charge is -2.14. The Labute approximate surface area is 142 Å². The molecule has 2 aromatic heterocycles. The molecule has 0 radical (unpaired) electrons. The van der Waals surface area contributed by atoms with E-state index in [9.17, 15) is 4.79 Å². The van der Waals surface area contributed by atoms with Crippen LogP contribution < -0.4 is 4.74 Å². The van der Waals surface area contributed by atoms with Crippen LogP contribution in [0.2, 0.25) is 5.28 Å². The Morgan fingerprint density at radius 2 is 2.29 bits per heavy atom. The first kappa shape index (κ1) is 16.9. The van der Waals surface area contributed by atoms with E-state index in [-0.39, 0.29) is 36.3 Å². The van der Waals surface area contributed by atoms with Gasteiger partial charge in [0.1, 0.15) is 6.61 Å². The van der Waals surface area contributed by atoms with Crippen LogP contribution in [0.5, 0.6) is 5.88 Å². The molecule has 1 saturated heterocycles. The molecule has 1 fully saturated rings. The Balaban J connectivity index is 1.73. The number of ether oxygens (including phenoxy) is 4. The molecule has 0 aromatic carbocycles. The van der Waals surface area contributed by atoms with Crippen molar-refractivity contribution in [1.29, 1.82) is 0 Å². The summed E-state index contributed by atoms with van der Waals surface area (Å²) in [5, 5.41) is 0.0439. The Morgan fingerprint density at radius 1 is 1.50 bits per heavy atom. The fourth-order valence-electron chi connectivity index (χ4n) is 2.21. The third kappa shape index (κ3) is 3.28. The summed E-state index contributed by atoms with van der Waals surface area (Å²) < 4.78 is 23.2. The van der Waals surface area contributed by atoms with Crippen molar-refractivity contribution in [2.45, 2.75) is 26.4 Å². The summed E-state index contributed by atoms with van der Waals surface area (Å²) in [5.41, 5.74) is 0.945. The van der Waals surface area contributed by atoms with Crippen molar-refractivity contribution >= 4 is 28.7 Å². The summed E-state index contributed by atoms with van der Waals surface area (Å²) in [4.78, 5) is 23.9. The van der Waals surface area contributed by atoms with E-state index in [1.54, 1.807) is 24.7 Å². The van der Waals surface area contributed by atoms with Gasteiger partial charge in [0, 0.05) is 0 Å². The molecule has 24 heavy (non-hydrogen) atoms. The van der Waals surface area contributed by atoms with Crippen LogP contribution in [0.25, 0.3) is 11.2 Å². The molecule has 0 aliphatic carbocycles. The number of hydrogen-bond acceptors (Lipinski definition) is 8. The van der Waals surface area contributed by atoms with Gasteiger partial charge in [0.2, 0.25) is 11.2 Å². The zero-order valence-electron chi connectivity index (χ0n) is 13.4. The van der Waals surface area contributed by atoms with E-state index in [4.69, 9.17) is 30.5 Å². The number of methoxy groups -OCH3 is 1. The van der Waals surface area contributed by atoms with Gasteiger partial charge in [0.05, 0.1) is 26.0 Å². The number of carbonyl (C=O) groups excluding carboxylic acids is 1. The summed E-state index contributed by atoms with van der Waals surface area (Å²) in [6, 6.07) is 0. The smallest absolute Gasteiger partial charge is 0.308 e. The van der Waals surface area contributed by atoms with Crippen molar-refractivity contribution in [3.05, 3.63) is 11.6 Å². The van der Waals surface area contributed by atoms with Gasteiger partial charge in [-0.3, -0.25) is 9.36 Å². The maximum absolute atomic E-state index is 11.5. The lowest BCUT2D eigenvalue weighted by Crippen LogP contribution is -2.22. The maximum Gasteiger partial charge on any atom is 0.308 e. The van der Waals surface area contributed by atoms with Crippen LogP contribution >= 0.6 is 11.6 Å². The third-order valence-electron chi connectivity index (χ3n) is 3.43. The van der Waals surface area contributed by atoms with Crippen LogP contribution in [-0.2, 0) is 19.0 Å². The van der Waals surface area contributed by atoms with E-state index in [2.05, 4.69) is 15.0 Å². The van der Waals surface area contributed by atoms with Crippen LogP contribution in [0, 0.1) is 5.92 Å². The summed E-state index contributed by atoms with van der Waals surface area (Å²) >= 11 is 5.91. The molecule has 9 nitrogen and oxygen atoms in total. The SMILES string of the molecule is COc1nc(Cl)nc2c1ncn2[C@H]1CO[C@@H](COC(=O)C(C)C)O1. The summed E-state index contributed by atoms with van der Waals surface area (Å²) in [5.74, 6) is -0.223. The van der Waals surface area contributed by atoms with E-state index >= 15 is 0 Å². The second kappa shape index (κ2) is 6.88. The van der Waals surface area contributed by atoms with Gasteiger partial charge in [-0.15, -0.1) is 0 Å². The minimum atomic E-state index is -0.644. The topological polar surface area (TPSA) is 97.6 Å². The highest BCUT2D eigenvalue weighted by Gasteiger charge is 2.30. The summed E-state index contributed by atoms with van der Waals surface area (Å²) in [7, 11) is 1.48. The lowest BCUT2D eigenvalue weighted by atomic mass is 10.2. The van der Waals surface area contributed by atoms with E-state index < -0.39 is 12.5 Å². The third-order valence-corrected chi connectivity index (χ3v) is 3.60. The van der Waals surface area contributed by atoms with Gasteiger partial charge < -0.3 is 18.9 Å². The van der Waals surface area contributed by atoms with E-state index in [1.807, 2.05) is 0 Å². The predicted molar refractivity (Wildman–Crippen MR) is 82.5 cm³/mol. The van der Waals surface area contributed by atoms with Gasteiger partial charge in [-0.2, -0.15) is 9.97 Å². The number of esters is 1. The van der Waals surface area contributed by atoms with Gasteiger partial charge in [0.15, 0.2) is 23.7 Å². The predicted octanol–water partition coefficient (Wildman–Crippen LogP) is 1.56. The molecule has 0 unspecified atom stereocenters. The minimum absolute atomic E-state index is 0.0270. The van der Waals surface area contributed by atoms with Gasteiger partial charge >= 0.3 is 5.97 Å². The molecule has 0 saturated carbocycles. The summed E-state index contributed by atoms with van der Waals surface area (Å²) in [6.45, 7) is 3.81. The van der Waals surface area contributed by atoms with E-state index in [1.165, 1.54) is 7.11 Å². The molecule has 1 aliphatic rings. The molecule has 2 atom stereocenters. The molecular formula is C14H17ClN4O5. The Morgan fingerprint density at radius 3 is 3.00 bits per heavy atom. The number of imidazole rings is 1. The molecule has 3 rings (SSSR count). The molecule has 0 spiro atoms. The van der Waals surface area contributed by atoms with Crippen molar-refractivity contribution in [1.82, 2.24) is 19.5 Å². The fourth-order valence-corrected chi connectivity index (χ4v) is 2.37. The number of fused-ring (bicyclic) bond motifs is 1. The van der Waals surface area contributed by atoms with Crippen molar-refractivity contribution < 1.29 is 23.7 Å². The first-order chi connectivity index (χ1) is 11.5. The monoisotopic (exact) mass is 356 g/mol. The second-order valence-electron chi connectivity index (χ2n) is 5.46. The zero-order valence-corrected chi connectivity index (χ0v) is 14.2. The Kier molecular flexibility index (Phi) is 4.83. The van der Waals surface area contributed by atoms with Crippen molar-refractivity contribution in [2.24, 2.45) is 5.92 Å². The molecule has 1 aliphatic heterocycles. The Hall–Kier alpha value is -1.97. The van der Waals surface area contributed by atoms with E-state index in [0.717, 1.165) is 0 Å². The minimum Gasteiger partial charge on any atom is -0.479 e. The Bertz CT molecular complexity index is 750. The fraction of sp³-hybridized carbons (Fsp3) is 0.571. The van der Waals surface area contributed by atoms with Crippen LogP contribution in [0.3, 0.4) is 0 Å². The molecule has 2 aromatic rings. The number of nitrogens with zero attached hydrogens (tertiary/aromatic N) is 4. The van der Waals surface area contributed by atoms with Crippen molar-refractivity contribution in [3.63, 3.8) is 0 Å². The first-order valence-electron chi connectivity index (χ1n) is 7.37. The molecule has 3 heterocycles. The average molecular weight is 357 g/mol. The highest BCUT2D eigenvalue weighted by molar-refractivity contribution is 6.28. The van der Waals surface area contributed by atoms with Gasteiger partial charge in [-0.1, -0.05) is 13.8 Å². The number of hydrogen-bond donors (Lipinski definition) is 0. The van der Waals surface area contributed by atoms with Gasteiger partial charge in [0.25, 0.3) is 0 Å². The van der Waals surface area contributed by atoms with Crippen LogP contribution in [0.15, 0.2) is 6.33 Å². The van der Waals surface area contributed by atoms with Gasteiger partial charge in [-0.25, -0.2) is 4.98 Å². The highest BCUT2D eigenvalue weighted by Crippen LogP contribution is 2.28. The maximum atomic E-state index is 11.5. The quantitative estimate of drug-likeness (QED) is 0.588. The lowest BCUT2D eigenvalue weighted by molar-refractivity contribution is -0.162. The van der Waals surface area contributed by atoms with Crippen LogP contribution in [-0.4, -0.2) is 52.1 Å². The normalized spacial score (nSPS) is 20.7. The number of carbonyl (C=O) groups is 1. The number of halogens is 1. The van der Waals surface area contributed by atoms with Gasteiger partial charge in [-0.05, 0) is 11.6 Å². The van der Waals surface area contributed by atoms with Crippen LogP contribution in [0.1, 0.15) is 20.1 Å².